The average Bonchev–Trinajstić information content (AvgIpc) is 2.75. The number of para-hydroxylation sites is 1. The van der Waals surface area contributed by atoms with Gasteiger partial charge in [-0.3, -0.25) is 5.32 Å². The zero-order valence-electron chi connectivity index (χ0n) is 12.4. The second-order valence-electron chi connectivity index (χ2n) is 5.99. The van der Waals surface area contributed by atoms with Gasteiger partial charge in [-0.2, -0.15) is 0 Å². The highest BCUT2D eigenvalue weighted by Crippen LogP contribution is 2.43. The molecule has 3 nitrogen and oxygen atoms in total. The fourth-order valence-corrected chi connectivity index (χ4v) is 2.96. The lowest BCUT2D eigenvalue weighted by atomic mass is 9.93. The van der Waals surface area contributed by atoms with E-state index in [1.807, 2.05) is 48.5 Å². The van der Waals surface area contributed by atoms with Crippen molar-refractivity contribution < 1.29 is 9.84 Å². The minimum Gasteiger partial charge on any atom is -0.486 e. The highest BCUT2D eigenvalue weighted by molar-refractivity contribution is 5.42. The van der Waals surface area contributed by atoms with Gasteiger partial charge in [0.15, 0.2) is 0 Å². The first-order valence-corrected chi connectivity index (χ1v) is 7.31. The van der Waals surface area contributed by atoms with Crippen LogP contribution in [0.3, 0.4) is 0 Å². The maximum Gasteiger partial charge on any atom is 0.125 e. The van der Waals surface area contributed by atoms with Crippen LogP contribution in [-0.2, 0) is 0 Å². The Morgan fingerprint density at radius 2 is 1.76 bits per heavy atom. The van der Waals surface area contributed by atoms with E-state index in [2.05, 4.69) is 25.2 Å². The van der Waals surface area contributed by atoms with E-state index in [0.29, 0.717) is 0 Å². The molecule has 0 aromatic heterocycles. The molecule has 0 spiro atoms. The Kier molecular flexibility index (Phi) is 3.70. The Balaban J connectivity index is 1.89. The Labute approximate surface area is 125 Å². The Bertz CT molecular complexity index is 610. The SMILES string of the molecule is CC1(C)Oc2ccccc2C1N[C@@H](CO)c1ccccc1. The van der Waals surface area contributed by atoms with Gasteiger partial charge in [-0.1, -0.05) is 48.5 Å². The summed E-state index contributed by atoms with van der Waals surface area (Å²) in [4.78, 5) is 0. The number of hydrogen-bond acceptors (Lipinski definition) is 3. The van der Waals surface area contributed by atoms with Crippen LogP contribution in [0.25, 0.3) is 0 Å². The molecule has 110 valence electrons. The van der Waals surface area contributed by atoms with Crippen LogP contribution in [-0.4, -0.2) is 17.3 Å². The van der Waals surface area contributed by atoms with Crippen LogP contribution in [0.4, 0.5) is 0 Å². The quantitative estimate of drug-likeness (QED) is 0.905. The number of rotatable bonds is 4. The molecule has 0 amide bonds. The predicted molar refractivity (Wildman–Crippen MR) is 83.3 cm³/mol. The van der Waals surface area contributed by atoms with Gasteiger partial charge in [0.1, 0.15) is 11.4 Å². The van der Waals surface area contributed by atoms with Gasteiger partial charge in [0.2, 0.25) is 0 Å². The van der Waals surface area contributed by atoms with Crippen molar-refractivity contribution >= 4 is 0 Å². The summed E-state index contributed by atoms with van der Waals surface area (Å²) in [7, 11) is 0. The van der Waals surface area contributed by atoms with Crippen LogP contribution >= 0.6 is 0 Å². The number of aliphatic hydroxyl groups excluding tert-OH is 1. The smallest absolute Gasteiger partial charge is 0.125 e. The lowest BCUT2D eigenvalue weighted by Crippen LogP contribution is -2.41. The van der Waals surface area contributed by atoms with Crippen molar-refractivity contribution in [3.63, 3.8) is 0 Å². The molecule has 2 atom stereocenters. The third kappa shape index (κ3) is 2.67. The van der Waals surface area contributed by atoms with E-state index in [0.717, 1.165) is 16.9 Å². The number of ether oxygens (including phenoxy) is 1. The molecule has 21 heavy (non-hydrogen) atoms. The third-order valence-corrected chi connectivity index (χ3v) is 4.05. The molecular formula is C18H21NO2. The van der Waals surface area contributed by atoms with Gasteiger partial charge in [-0.15, -0.1) is 0 Å². The molecule has 0 saturated carbocycles. The summed E-state index contributed by atoms with van der Waals surface area (Å²) >= 11 is 0. The zero-order chi connectivity index (χ0) is 14.9. The minimum absolute atomic E-state index is 0.0473. The molecule has 0 fully saturated rings. The summed E-state index contributed by atoms with van der Waals surface area (Å²) in [6.45, 7) is 4.20. The van der Waals surface area contributed by atoms with E-state index >= 15 is 0 Å². The van der Waals surface area contributed by atoms with Crippen LogP contribution in [0.1, 0.15) is 37.1 Å². The summed E-state index contributed by atoms with van der Waals surface area (Å²) in [5.41, 5.74) is 1.89. The number of benzene rings is 2. The van der Waals surface area contributed by atoms with Crippen molar-refractivity contribution in [1.29, 1.82) is 0 Å². The Morgan fingerprint density at radius 1 is 1.10 bits per heavy atom. The van der Waals surface area contributed by atoms with Gasteiger partial charge in [0.25, 0.3) is 0 Å². The molecule has 2 N–H and O–H groups in total. The summed E-state index contributed by atoms with van der Waals surface area (Å²) in [5, 5.41) is 13.3. The number of hydrogen-bond donors (Lipinski definition) is 2. The fraction of sp³-hybridized carbons (Fsp3) is 0.333. The summed E-state index contributed by atoms with van der Waals surface area (Å²) < 4.78 is 6.04. The summed E-state index contributed by atoms with van der Waals surface area (Å²) in [6.07, 6.45) is 0. The Hall–Kier alpha value is -1.84. The van der Waals surface area contributed by atoms with E-state index in [9.17, 15) is 5.11 Å². The van der Waals surface area contributed by atoms with Gasteiger partial charge < -0.3 is 9.84 Å². The zero-order valence-corrected chi connectivity index (χ0v) is 12.4. The van der Waals surface area contributed by atoms with Crippen LogP contribution in [0, 0.1) is 0 Å². The van der Waals surface area contributed by atoms with Crippen molar-refractivity contribution in [2.75, 3.05) is 6.61 Å². The number of aliphatic hydroxyl groups is 1. The topological polar surface area (TPSA) is 41.5 Å². The largest absolute Gasteiger partial charge is 0.486 e. The maximum absolute atomic E-state index is 9.75. The Morgan fingerprint density at radius 3 is 2.48 bits per heavy atom. The van der Waals surface area contributed by atoms with Gasteiger partial charge in [-0.25, -0.2) is 0 Å². The standard InChI is InChI=1S/C18H21NO2/c1-18(2)17(14-10-6-7-11-16(14)21-18)19-15(12-20)13-8-4-3-5-9-13/h3-11,15,17,19-20H,12H2,1-2H3/t15-,17?/m0/s1. The van der Waals surface area contributed by atoms with E-state index in [1.165, 1.54) is 0 Å². The molecule has 0 radical (unpaired) electrons. The molecule has 1 unspecified atom stereocenters. The van der Waals surface area contributed by atoms with E-state index in [1.54, 1.807) is 0 Å². The van der Waals surface area contributed by atoms with Crippen LogP contribution in [0.2, 0.25) is 0 Å². The second kappa shape index (κ2) is 5.51. The van der Waals surface area contributed by atoms with Gasteiger partial charge in [0, 0.05) is 5.56 Å². The van der Waals surface area contributed by atoms with Gasteiger partial charge in [0.05, 0.1) is 18.7 Å². The van der Waals surface area contributed by atoms with Crippen LogP contribution in [0.15, 0.2) is 54.6 Å². The van der Waals surface area contributed by atoms with Crippen molar-refractivity contribution in [1.82, 2.24) is 5.32 Å². The molecule has 1 aliphatic rings. The van der Waals surface area contributed by atoms with Crippen molar-refractivity contribution in [2.45, 2.75) is 31.5 Å². The number of fused-ring (bicyclic) bond motifs is 1. The molecule has 1 aliphatic heterocycles. The molecule has 1 heterocycles. The lowest BCUT2D eigenvalue weighted by molar-refractivity contribution is 0.0847. The summed E-state index contributed by atoms with van der Waals surface area (Å²) in [6, 6.07) is 18.1. The lowest BCUT2D eigenvalue weighted by Gasteiger charge is -2.30. The van der Waals surface area contributed by atoms with Crippen molar-refractivity contribution in [3.05, 3.63) is 65.7 Å². The maximum atomic E-state index is 9.75. The molecule has 3 heteroatoms. The first kappa shape index (κ1) is 14.1. The van der Waals surface area contributed by atoms with Crippen LogP contribution < -0.4 is 10.1 Å². The third-order valence-electron chi connectivity index (χ3n) is 4.05. The van der Waals surface area contributed by atoms with E-state index in [-0.39, 0.29) is 24.3 Å². The second-order valence-corrected chi connectivity index (χ2v) is 5.99. The number of nitrogens with one attached hydrogen (secondary N) is 1. The first-order chi connectivity index (χ1) is 10.1. The van der Waals surface area contributed by atoms with Crippen molar-refractivity contribution in [3.8, 4) is 5.75 Å². The molecule has 0 saturated heterocycles. The molecule has 3 rings (SSSR count). The minimum atomic E-state index is -0.341. The van der Waals surface area contributed by atoms with E-state index < -0.39 is 0 Å². The molecule has 2 aromatic rings. The normalized spacial score (nSPS) is 20.6. The van der Waals surface area contributed by atoms with Crippen molar-refractivity contribution in [2.24, 2.45) is 0 Å². The van der Waals surface area contributed by atoms with E-state index in [4.69, 9.17) is 4.74 Å². The first-order valence-electron chi connectivity index (χ1n) is 7.31. The van der Waals surface area contributed by atoms with Gasteiger partial charge >= 0.3 is 0 Å². The summed E-state index contributed by atoms with van der Waals surface area (Å²) in [5.74, 6) is 0.921. The highest BCUT2D eigenvalue weighted by atomic mass is 16.5. The average molecular weight is 283 g/mol. The van der Waals surface area contributed by atoms with Crippen LogP contribution in [0.5, 0.6) is 5.75 Å². The molecule has 0 bridgehead atoms. The molecule has 0 aliphatic carbocycles. The predicted octanol–water partition coefficient (Wildman–Crippen LogP) is 3.22. The monoisotopic (exact) mass is 283 g/mol. The fourth-order valence-electron chi connectivity index (χ4n) is 2.96. The molecule has 2 aromatic carbocycles. The highest BCUT2D eigenvalue weighted by Gasteiger charge is 2.41. The molecular weight excluding hydrogens is 262 g/mol. The van der Waals surface area contributed by atoms with Gasteiger partial charge in [-0.05, 0) is 25.5 Å².